The molecule has 4 nitrogen and oxygen atoms in total. The van der Waals surface area contributed by atoms with Crippen molar-refractivity contribution in [1.29, 1.82) is 5.26 Å². The highest BCUT2D eigenvalue weighted by Crippen LogP contribution is 1.85. The average molecular weight is 146 g/mol. The quantitative estimate of drug-likeness (QED) is 0.531. The number of hydrogen-bond donors (Lipinski definition) is 0. The monoisotopic (exact) mass is 146 g/mol. The summed E-state index contributed by atoms with van der Waals surface area (Å²) >= 11 is 0. The third-order valence-corrected chi connectivity index (χ3v) is 1.05. The summed E-state index contributed by atoms with van der Waals surface area (Å²) in [5.41, 5.74) is 0. The van der Waals surface area contributed by atoms with Crippen LogP contribution in [0.25, 0.3) is 0 Å². The first-order valence-electron chi connectivity index (χ1n) is 3.06. The lowest BCUT2D eigenvalue weighted by molar-refractivity contribution is 0.710. The second-order valence-corrected chi connectivity index (χ2v) is 1.80. The molecule has 1 aromatic heterocycles. The Morgan fingerprint density at radius 1 is 1.73 bits per heavy atom. The van der Waals surface area contributed by atoms with E-state index in [0.29, 0.717) is 6.54 Å². The molecule has 0 bridgehead atoms. The predicted molar refractivity (Wildman–Crippen MR) is 38.2 cm³/mol. The summed E-state index contributed by atoms with van der Waals surface area (Å²) in [6, 6.07) is 1.83. The lowest BCUT2D eigenvalue weighted by atomic mass is 10.6. The zero-order valence-electron chi connectivity index (χ0n) is 6.07. The standard InChI is InChI=1S/C7H6N4/c1-2-3-4-11-6-9-7(5-8)10-11/h6H,4H2,1H3. The molecule has 54 valence electrons. The van der Waals surface area contributed by atoms with Crippen LogP contribution in [0.1, 0.15) is 12.7 Å². The van der Waals surface area contributed by atoms with Crippen LogP contribution in [0.4, 0.5) is 0 Å². The lowest BCUT2D eigenvalue weighted by Gasteiger charge is -1.86. The summed E-state index contributed by atoms with van der Waals surface area (Å²) in [7, 11) is 0. The molecule has 4 heteroatoms. The molecule has 0 saturated carbocycles. The van der Waals surface area contributed by atoms with Gasteiger partial charge in [0.25, 0.3) is 5.82 Å². The predicted octanol–water partition coefficient (Wildman–Crippen LogP) is 0.173. The molecule has 0 radical (unpaired) electrons. The minimum absolute atomic E-state index is 0.183. The van der Waals surface area contributed by atoms with E-state index in [-0.39, 0.29) is 5.82 Å². The molecule has 0 aromatic carbocycles. The highest BCUT2D eigenvalue weighted by molar-refractivity contribution is 5.06. The maximum absolute atomic E-state index is 8.35. The molecule has 1 rings (SSSR count). The summed E-state index contributed by atoms with van der Waals surface area (Å²) in [6.45, 7) is 2.24. The molecular weight excluding hydrogens is 140 g/mol. The molecule has 0 aliphatic carbocycles. The summed E-state index contributed by atoms with van der Waals surface area (Å²) < 4.78 is 1.52. The highest BCUT2D eigenvalue weighted by Gasteiger charge is 1.94. The van der Waals surface area contributed by atoms with E-state index in [2.05, 4.69) is 21.9 Å². The van der Waals surface area contributed by atoms with Crippen LogP contribution in [0, 0.1) is 23.2 Å². The number of hydrogen-bond acceptors (Lipinski definition) is 3. The SMILES string of the molecule is CC#CCn1cnc(C#N)n1. The van der Waals surface area contributed by atoms with E-state index in [1.165, 1.54) is 11.0 Å². The van der Waals surface area contributed by atoms with Gasteiger partial charge >= 0.3 is 0 Å². The van der Waals surface area contributed by atoms with Crippen molar-refractivity contribution in [1.82, 2.24) is 14.8 Å². The zero-order valence-corrected chi connectivity index (χ0v) is 6.07. The third kappa shape index (κ3) is 1.80. The van der Waals surface area contributed by atoms with Crippen molar-refractivity contribution in [3.63, 3.8) is 0 Å². The largest absolute Gasteiger partial charge is 0.252 e. The van der Waals surface area contributed by atoms with E-state index in [1.54, 1.807) is 6.92 Å². The fraction of sp³-hybridized carbons (Fsp3) is 0.286. The van der Waals surface area contributed by atoms with Crippen molar-refractivity contribution in [3.05, 3.63) is 12.2 Å². The minimum Gasteiger partial charge on any atom is -0.240 e. The molecule has 0 unspecified atom stereocenters. The van der Waals surface area contributed by atoms with E-state index in [4.69, 9.17) is 5.26 Å². The van der Waals surface area contributed by atoms with Crippen molar-refractivity contribution in [2.24, 2.45) is 0 Å². The first-order valence-corrected chi connectivity index (χ1v) is 3.06. The molecule has 0 aliphatic rings. The molecular formula is C7H6N4. The van der Waals surface area contributed by atoms with Gasteiger partial charge in [0.1, 0.15) is 18.9 Å². The molecule has 1 aromatic rings. The van der Waals surface area contributed by atoms with Crippen molar-refractivity contribution < 1.29 is 0 Å². The van der Waals surface area contributed by atoms with Gasteiger partial charge in [0.15, 0.2) is 0 Å². The Kier molecular flexibility index (Phi) is 2.24. The molecule has 1 heterocycles. The Morgan fingerprint density at radius 2 is 2.55 bits per heavy atom. The Bertz CT molecular complexity index is 333. The molecule has 0 spiro atoms. The van der Waals surface area contributed by atoms with Gasteiger partial charge in [-0.2, -0.15) is 5.26 Å². The van der Waals surface area contributed by atoms with Crippen LogP contribution in [0.5, 0.6) is 0 Å². The first-order chi connectivity index (χ1) is 5.36. The first kappa shape index (κ1) is 7.30. The second-order valence-electron chi connectivity index (χ2n) is 1.80. The molecule has 0 atom stereocenters. The van der Waals surface area contributed by atoms with Gasteiger partial charge in [0.05, 0.1) is 0 Å². The fourth-order valence-electron chi connectivity index (χ4n) is 0.582. The molecule has 0 amide bonds. The number of rotatable bonds is 1. The topological polar surface area (TPSA) is 54.5 Å². The van der Waals surface area contributed by atoms with Gasteiger partial charge in [0, 0.05) is 0 Å². The molecule has 0 N–H and O–H groups in total. The molecule has 11 heavy (non-hydrogen) atoms. The van der Waals surface area contributed by atoms with Crippen LogP contribution in [-0.2, 0) is 6.54 Å². The van der Waals surface area contributed by atoms with Crippen molar-refractivity contribution in [3.8, 4) is 17.9 Å². The number of nitrogens with zero attached hydrogens (tertiary/aromatic N) is 4. The highest BCUT2D eigenvalue weighted by atomic mass is 15.3. The summed E-state index contributed by atoms with van der Waals surface area (Å²) in [5, 5.41) is 12.2. The van der Waals surface area contributed by atoms with Crippen molar-refractivity contribution in [2.75, 3.05) is 0 Å². The van der Waals surface area contributed by atoms with Crippen LogP contribution < -0.4 is 0 Å². The van der Waals surface area contributed by atoms with Crippen LogP contribution >= 0.6 is 0 Å². The van der Waals surface area contributed by atoms with Gasteiger partial charge in [-0.15, -0.1) is 11.0 Å². The van der Waals surface area contributed by atoms with Gasteiger partial charge in [-0.05, 0) is 6.92 Å². The van der Waals surface area contributed by atoms with Crippen LogP contribution in [0.2, 0.25) is 0 Å². The Balaban J connectivity index is 2.72. The summed E-state index contributed by atoms with van der Waals surface area (Å²) in [4.78, 5) is 3.71. The van der Waals surface area contributed by atoms with E-state index in [0.717, 1.165) is 0 Å². The Labute approximate surface area is 64.5 Å². The zero-order chi connectivity index (χ0) is 8.10. The number of aromatic nitrogens is 3. The van der Waals surface area contributed by atoms with E-state index in [1.807, 2.05) is 6.07 Å². The van der Waals surface area contributed by atoms with Crippen LogP contribution in [0.15, 0.2) is 6.33 Å². The van der Waals surface area contributed by atoms with Crippen LogP contribution in [-0.4, -0.2) is 14.8 Å². The lowest BCUT2D eigenvalue weighted by Crippen LogP contribution is -1.95. The third-order valence-electron chi connectivity index (χ3n) is 1.05. The molecule has 0 saturated heterocycles. The van der Waals surface area contributed by atoms with Gasteiger partial charge in [-0.1, -0.05) is 5.92 Å². The maximum Gasteiger partial charge on any atom is 0.252 e. The molecule has 0 aliphatic heterocycles. The second kappa shape index (κ2) is 3.38. The average Bonchev–Trinajstić information content (AvgIpc) is 2.48. The van der Waals surface area contributed by atoms with Crippen molar-refractivity contribution in [2.45, 2.75) is 13.5 Å². The Hall–Kier alpha value is -1.81. The fourth-order valence-corrected chi connectivity index (χ4v) is 0.582. The van der Waals surface area contributed by atoms with Gasteiger partial charge < -0.3 is 0 Å². The van der Waals surface area contributed by atoms with E-state index < -0.39 is 0 Å². The summed E-state index contributed by atoms with van der Waals surface area (Å²) in [5.74, 6) is 5.71. The minimum atomic E-state index is 0.183. The summed E-state index contributed by atoms with van der Waals surface area (Å²) in [6.07, 6.45) is 1.49. The van der Waals surface area contributed by atoms with E-state index in [9.17, 15) is 0 Å². The number of nitriles is 1. The van der Waals surface area contributed by atoms with Gasteiger partial charge in [-0.25, -0.2) is 9.67 Å². The maximum atomic E-state index is 8.35. The van der Waals surface area contributed by atoms with Crippen molar-refractivity contribution >= 4 is 0 Å². The van der Waals surface area contributed by atoms with Gasteiger partial charge in [-0.3, -0.25) is 0 Å². The van der Waals surface area contributed by atoms with E-state index >= 15 is 0 Å². The van der Waals surface area contributed by atoms with Crippen LogP contribution in [0.3, 0.4) is 0 Å². The molecule has 0 fully saturated rings. The smallest absolute Gasteiger partial charge is 0.240 e. The Morgan fingerprint density at radius 3 is 3.09 bits per heavy atom. The normalized spacial score (nSPS) is 8.00. The van der Waals surface area contributed by atoms with Gasteiger partial charge in [0.2, 0.25) is 0 Å².